The van der Waals surface area contributed by atoms with Crippen molar-refractivity contribution in [3.05, 3.63) is 59.6 Å². The molecule has 0 bridgehead atoms. The lowest BCUT2D eigenvalue weighted by atomic mass is 10.1. The average Bonchev–Trinajstić information content (AvgIpc) is 3.36. The second-order valence-electron chi connectivity index (χ2n) is 6.53. The van der Waals surface area contributed by atoms with Crippen LogP contribution in [-0.4, -0.2) is 47.2 Å². The van der Waals surface area contributed by atoms with E-state index in [1.807, 2.05) is 23.1 Å². The van der Waals surface area contributed by atoms with Gasteiger partial charge in [-0.3, -0.25) is 9.89 Å². The predicted octanol–water partition coefficient (Wildman–Crippen LogP) is 3.74. The van der Waals surface area contributed by atoms with Crippen molar-refractivity contribution in [2.75, 3.05) is 31.1 Å². The van der Waals surface area contributed by atoms with Gasteiger partial charge in [-0.1, -0.05) is 12.1 Å². The first-order valence-electron chi connectivity index (χ1n) is 8.74. The van der Waals surface area contributed by atoms with Gasteiger partial charge in [0.05, 0.1) is 17.3 Å². The number of hydrogen-bond acceptors (Lipinski definition) is 4. The first-order chi connectivity index (χ1) is 12.8. The number of carbonyl (C=O) groups is 1. The SMILES string of the molecule is O=C(c1cccc2[nH]ncc12)N1CCN(c2cccc3sccc23)CC1. The van der Waals surface area contributed by atoms with E-state index in [1.54, 1.807) is 17.5 Å². The fourth-order valence-electron chi connectivity index (χ4n) is 3.73. The Morgan fingerprint density at radius 3 is 2.73 bits per heavy atom. The average molecular weight is 362 g/mol. The molecule has 1 amide bonds. The number of amides is 1. The molecule has 5 nitrogen and oxygen atoms in total. The fraction of sp³-hybridized carbons (Fsp3) is 0.200. The zero-order valence-corrected chi connectivity index (χ0v) is 15.0. The second-order valence-corrected chi connectivity index (χ2v) is 7.47. The molecule has 0 radical (unpaired) electrons. The van der Waals surface area contributed by atoms with Crippen LogP contribution in [0.15, 0.2) is 54.0 Å². The molecule has 0 aliphatic carbocycles. The molecule has 130 valence electrons. The number of benzene rings is 2. The molecule has 0 saturated carbocycles. The van der Waals surface area contributed by atoms with Crippen LogP contribution in [0.3, 0.4) is 0 Å². The van der Waals surface area contributed by atoms with E-state index >= 15 is 0 Å². The molecular formula is C20H18N4OS. The molecule has 1 N–H and O–H groups in total. The molecule has 3 heterocycles. The van der Waals surface area contributed by atoms with Gasteiger partial charge in [-0.05, 0) is 35.7 Å². The van der Waals surface area contributed by atoms with Crippen molar-refractivity contribution in [3.8, 4) is 0 Å². The molecule has 0 spiro atoms. The molecule has 1 aliphatic heterocycles. The van der Waals surface area contributed by atoms with Crippen LogP contribution in [0, 0.1) is 0 Å². The zero-order chi connectivity index (χ0) is 17.5. The molecule has 5 rings (SSSR count). The quantitative estimate of drug-likeness (QED) is 0.591. The lowest BCUT2D eigenvalue weighted by Gasteiger charge is -2.36. The molecule has 0 unspecified atom stereocenters. The summed E-state index contributed by atoms with van der Waals surface area (Å²) >= 11 is 1.77. The fourth-order valence-corrected chi connectivity index (χ4v) is 4.54. The van der Waals surface area contributed by atoms with Crippen LogP contribution in [-0.2, 0) is 0 Å². The van der Waals surface area contributed by atoms with Crippen molar-refractivity contribution in [1.29, 1.82) is 0 Å². The van der Waals surface area contributed by atoms with E-state index in [1.165, 1.54) is 15.8 Å². The van der Waals surface area contributed by atoms with Crippen LogP contribution in [0.4, 0.5) is 5.69 Å². The highest BCUT2D eigenvalue weighted by molar-refractivity contribution is 7.17. The number of piperazine rings is 1. The maximum atomic E-state index is 13.0. The van der Waals surface area contributed by atoms with E-state index in [0.29, 0.717) is 0 Å². The van der Waals surface area contributed by atoms with Gasteiger partial charge in [0.2, 0.25) is 0 Å². The summed E-state index contributed by atoms with van der Waals surface area (Å²) < 4.78 is 1.31. The summed E-state index contributed by atoms with van der Waals surface area (Å²) in [6.07, 6.45) is 1.73. The number of aromatic nitrogens is 2. The summed E-state index contributed by atoms with van der Waals surface area (Å²) in [6, 6.07) is 14.4. The van der Waals surface area contributed by atoms with E-state index in [-0.39, 0.29) is 5.91 Å². The van der Waals surface area contributed by atoms with E-state index in [2.05, 4.69) is 44.7 Å². The Bertz CT molecular complexity index is 1090. The minimum atomic E-state index is 0.0883. The minimum Gasteiger partial charge on any atom is -0.367 e. The molecule has 4 aromatic rings. The lowest BCUT2D eigenvalue weighted by Crippen LogP contribution is -2.48. The molecule has 1 aliphatic rings. The van der Waals surface area contributed by atoms with Gasteiger partial charge in [-0.25, -0.2) is 0 Å². The number of anilines is 1. The van der Waals surface area contributed by atoms with Crippen LogP contribution in [0.25, 0.3) is 21.0 Å². The van der Waals surface area contributed by atoms with Crippen LogP contribution < -0.4 is 4.90 Å². The number of nitrogens with zero attached hydrogens (tertiary/aromatic N) is 3. The van der Waals surface area contributed by atoms with Gasteiger partial charge >= 0.3 is 0 Å². The monoisotopic (exact) mass is 362 g/mol. The van der Waals surface area contributed by atoms with Crippen LogP contribution in [0.2, 0.25) is 0 Å². The normalized spacial score (nSPS) is 15.1. The summed E-state index contributed by atoms with van der Waals surface area (Å²) in [7, 11) is 0. The van der Waals surface area contributed by atoms with Gasteiger partial charge in [0.25, 0.3) is 5.91 Å². The van der Waals surface area contributed by atoms with Crippen molar-refractivity contribution >= 4 is 43.9 Å². The molecule has 26 heavy (non-hydrogen) atoms. The Morgan fingerprint density at radius 2 is 1.85 bits per heavy atom. The van der Waals surface area contributed by atoms with Gasteiger partial charge in [-0.15, -0.1) is 11.3 Å². The maximum Gasteiger partial charge on any atom is 0.254 e. The van der Waals surface area contributed by atoms with Crippen LogP contribution in [0.1, 0.15) is 10.4 Å². The van der Waals surface area contributed by atoms with Crippen molar-refractivity contribution in [2.24, 2.45) is 0 Å². The van der Waals surface area contributed by atoms with E-state index < -0.39 is 0 Å². The van der Waals surface area contributed by atoms with E-state index in [9.17, 15) is 4.79 Å². The lowest BCUT2D eigenvalue weighted by molar-refractivity contribution is 0.0749. The summed E-state index contributed by atoms with van der Waals surface area (Å²) in [5.41, 5.74) is 2.90. The third-order valence-electron chi connectivity index (χ3n) is 5.10. The highest BCUT2D eigenvalue weighted by Gasteiger charge is 2.24. The summed E-state index contributed by atoms with van der Waals surface area (Å²) in [5.74, 6) is 0.0883. The van der Waals surface area contributed by atoms with Gasteiger partial charge in [0.15, 0.2) is 0 Å². The Labute approximate surface area is 154 Å². The molecule has 2 aromatic heterocycles. The van der Waals surface area contributed by atoms with Gasteiger partial charge in [0.1, 0.15) is 0 Å². The molecule has 6 heteroatoms. The Morgan fingerprint density at radius 1 is 1.00 bits per heavy atom. The third-order valence-corrected chi connectivity index (χ3v) is 5.98. The molecule has 2 aromatic carbocycles. The van der Waals surface area contributed by atoms with Crippen molar-refractivity contribution in [3.63, 3.8) is 0 Å². The van der Waals surface area contributed by atoms with Crippen LogP contribution >= 0.6 is 11.3 Å². The number of aromatic amines is 1. The summed E-state index contributed by atoms with van der Waals surface area (Å²) in [5, 5.41) is 11.3. The Balaban J connectivity index is 1.36. The van der Waals surface area contributed by atoms with E-state index in [0.717, 1.165) is 42.6 Å². The van der Waals surface area contributed by atoms with Crippen molar-refractivity contribution in [1.82, 2.24) is 15.1 Å². The number of fused-ring (bicyclic) bond motifs is 2. The maximum absolute atomic E-state index is 13.0. The Hall–Kier alpha value is -2.86. The van der Waals surface area contributed by atoms with Crippen molar-refractivity contribution in [2.45, 2.75) is 0 Å². The first kappa shape index (κ1) is 15.4. The highest BCUT2D eigenvalue weighted by Crippen LogP contribution is 2.31. The highest BCUT2D eigenvalue weighted by atomic mass is 32.1. The number of nitrogens with one attached hydrogen (secondary N) is 1. The smallest absolute Gasteiger partial charge is 0.254 e. The van der Waals surface area contributed by atoms with Crippen LogP contribution in [0.5, 0.6) is 0 Å². The largest absolute Gasteiger partial charge is 0.367 e. The second kappa shape index (κ2) is 6.14. The predicted molar refractivity (Wildman–Crippen MR) is 106 cm³/mol. The number of H-pyrrole nitrogens is 1. The topological polar surface area (TPSA) is 52.2 Å². The van der Waals surface area contributed by atoms with Crippen molar-refractivity contribution < 1.29 is 4.79 Å². The number of hydrogen-bond donors (Lipinski definition) is 1. The zero-order valence-electron chi connectivity index (χ0n) is 14.2. The molecule has 1 saturated heterocycles. The first-order valence-corrected chi connectivity index (χ1v) is 9.62. The Kier molecular flexibility index (Phi) is 3.64. The molecule has 0 atom stereocenters. The summed E-state index contributed by atoms with van der Waals surface area (Å²) in [6.45, 7) is 3.16. The van der Waals surface area contributed by atoms with Gasteiger partial charge < -0.3 is 9.80 Å². The molecular weight excluding hydrogens is 344 g/mol. The minimum absolute atomic E-state index is 0.0883. The van der Waals surface area contributed by atoms with Gasteiger partial charge in [0, 0.05) is 47.3 Å². The van der Waals surface area contributed by atoms with Gasteiger partial charge in [-0.2, -0.15) is 5.10 Å². The van der Waals surface area contributed by atoms with E-state index in [4.69, 9.17) is 0 Å². The summed E-state index contributed by atoms with van der Waals surface area (Å²) in [4.78, 5) is 17.3. The third kappa shape index (κ3) is 2.45. The number of thiophene rings is 1. The molecule has 1 fully saturated rings. The number of rotatable bonds is 2. The number of carbonyl (C=O) groups excluding carboxylic acids is 1. The standard InChI is InChI=1S/C20H18N4OS/c25-20(14-3-1-4-17-16(14)13-21-22-17)24-10-8-23(9-11-24)18-5-2-6-19-15(18)7-12-26-19/h1-7,12-13H,8-11H2,(H,21,22).